The molecule has 1 aromatic rings. The van der Waals surface area contributed by atoms with Gasteiger partial charge in [0.1, 0.15) is 12.1 Å². The molecule has 0 fully saturated rings. The molecule has 0 aliphatic heterocycles. The third-order valence-corrected chi connectivity index (χ3v) is 3.54. The highest BCUT2D eigenvalue weighted by Crippen LogP contribution is 2.21. The second-order valence-electron chi connectivity index (χ2n) is 7.16. The molecule has 5 nitrogen and oxygen atoms in total. The first-order valence-corrected chi connectivity index (χ1v) is 7.95. The van der Waals surface area contributed by atoms with Crippen LogP contribution in [-0.2, 0) is 11.3 Å². The Morgan fingerprint density at radius 2 is 1.74 bits per heavy atom. The van der Waals surface area contributed by atoms with E-state index in [1.165, 1.54) is 0 Å². The fourth-order valence-corrected chi connectivity index (χ4v) is 2.55. The van der Waals surface area contributed by atoms with Crippen molar-refractivity contribution in [2.45, 2.75) is 59.2 Å². The number of rotatable bonds is 6. The molecular weight excluding hydrogens is 292 g/mol. The fraction of sp³-hybridized carbons (Fsp3) is 0.556. The second-order valence-corrected chi connectivity index (χ2v) is 7.16. The van der Waals surface area contributed by atoms with Crippen molar-refractivity contribution >= 4 is 12.0 Å². The molecule has 1 rings (SSSR count). The van der Waals surface area contributed by atoms with Crippen molar-refractivity contribution in [2.75, 3.05) is 0 Å². The summed E-state index contributed by atoms with van der Waals surface area (Å²) in [7, 11) is 0. The first kappa shape index (κ1) is 19.0. The molecule has 5 heteroatoms. The number of carboxylic acid groups (broad SMARTS) is 1. The third-order valence-electron chi connectivity index (χ3n) is 3.54. The Morgan fingerprint density at radius 1 is 1.17 bits per heavy atom. The predicted octanol–water partition coefficient (Wildman–Crippen LogP) is 2.16. The first-order valence-electron chi connectivity index (χ1n) is 7.95. The van der Waals surface area contributed by atoms with Gasteiger partial charge < -0.3 is 20.1 Å². The second kappa shape index (κ2) is 7.99. The van der Waals surface area contributed by atoms with E-state index in [-0.39, 0.29) is 11.8 Å². The molecule has 0 spiro atoms. The number of nitrogens with zero attached hydrogens (tertiary/aromatic N) is 1. The molecule has 0 bridgehead atoms. The van der Waals surface area contributed by atoms with Gasteiger partial charge in [0.15, 0.2) is 0 Å². The van der Waals surface area contributed by atoms with Gasteiger partial charge in [-0.05, 0) is 38.7 Å². The topological polar surface area (TPSA) is 72.5 Å². The third kappa shape index (κ3) is 5.93. The number of benzene rings is 1. The van der Waals surface area contributed by atoms with Gasteiger partial charge in [0.05, 0.1) is 0 Å². The van der Waals surface area contributed by atoms with Crippen LogP contribution in [0.15, 0.2) is 30.3 Å². The molecule has 23 heavy (non-hydrogen) atoms. The number of hydrogen-bond acceptors (Lipinski definition) is 3. The minimum atomic E-state index is -1.32. The van der Waals surface area contributed by atoms with Crippen molar-refractivity contribution in [1.29, 1.82) is 0 Å². The molecule has 0 unspecified atom stereocenters. The summed E-state index contributed by atoms with van der Waals surface area (Å²) >= 11 is 0. The lowest BCUT2D eigenvalue weighted by Crippen LogP contribution is -2.60. The molecule has 0 heterocycles. The SMILES string of the molecule is CC(C)C[C@@H](C(=O)NCc1ccccc1)N(C(=O)[O-])C(C)(C)C. The van der Waals surface area contributed by atoms with E-state index in [1.54, 1.807) is 20.8 Å². The molecule has 2 amide bonds. The lowest BCUT2D eigenvalue weighted by Gasteiger charge is -2.43. The Bertz CT molecular complexity index is 521. The Labute approximate surface area is 138 Å². The lowest BCUT2D eigenvalue weighted by atomic mass is 9.96. The molecule has 1 atom stereocenters. The molecule has 0 aliphatic rings. The van der Waals surface area contributed by atoms with Crippen molar-refractivity contribution in [2.24, 2.45) is 5.92 Å². The Kier molecular flexibility index (Phi) is 6.61. The minimum Gasteiger partial charge on any atom is -0.530 e. The lowest BCUT2D eigenvalue weighted by molar-refractivity contribution is -0.273. The van der Waals surface area contributed by atoms with Crippen molar-refractivity contribution in [3.05, 3.63) is 35.9 Å². The number of hydrogen-bond donors (Lipinski definition) is 1. The van der Waals surface area contributed by atoms with Crippen LogP contribution in [0.4, 0.5) is 4.79 Å². The van der Waals surface area contributed by atoms with Gasteiger partial charge in [-0.2, -0.15) is 0 Å². The van der Waals surface area contributed by atoms with E-state index in [0.717, 1.165) is 10.5 Å². The zero-order valence-electron chi connectivity index (χ0n) is 14.6. The van der Waals surface area contributed by atoms with Crippen LogP contribution in [0.3, 0.4) is 0 Å². The largest absolute Gasteiger partial charge is 0.530 e. The summed E-state index contributed by atoms with van der Waals surface area (Å²) in [5.74, 6) is -0.103. The van der Waals surface area contributed by atoms with E-state index in [2.05, 4.69) is 5.32 Å². The van der Waals surface area contributed by atoms with Gasteiger partial charge in [0.2, 0.25) is 5.91 Å². The molecular formula is C18H27N2O3-. The van der Waals surface area contributed by atoms with E-state index < -0.39 is 17.7 Å². The first-order chi connectivity index (χ1) is 10.6. The monoisotopic (exact) mass is 319 g/mol. The standard InChI is InChI=1S/C18H28N2O3/c1-13(2)11-15(20(17(22)23)18(3,4)5)16(21)19-12-14-9-7-6-8-10-14/h6-10,13,15H,11-12H2,1-5H3,(H,19,21)(H,22,23)/p-1/t15-/m0/s1. The van der Waals surface area contributed by atoms with E-state index in [4.69, 9.17) is 0 Å². The zero-order chi connectivity index (χ0) is 17.6. The molecule has 0 saturated carbocycles. The van der Waals surface area contributed by atoms with E-state index >= 15 is 0 Å². The van der Waals surface area contributed by atoms with Crippen molar-refractivity contribution in [3.8, 4) is 0 Å². The van der Waals surface area contributed by atoms with Crippen LogP contribution < -0.4 is 10.4 Å². The number of amides is 2. The van der Waals surface area contributed by atoms with Gasteiger partial charge in [-0.15, -0.1) is 0 Å². The summed E-state index contributed by atoms with van der Waals surface area (Å²) in [4.78, 5) is 25.3. The molecule has 128 valence electrons. The van der Waals surface area contributed by atoms with E-state index in [1.807, 2.05) is 44.2 Å². The fourth-order valence-electron chi connectivity index (χ4n) is 2.55. The summed E-state index contributed by atoms with van der Waals surface area (Å²) in [5.41, 5.74) is 0.266. The van der Waals surface area contributed by atoms with Gasteiger partial charge in [-0.3, -0.25) is 4.79 Å². The average molecular weight is 319 g/mol. The van der Waals surface area contributed by atoms with Crippen LogP contribution in [0.1, 0.15) is 46.6 Å². The summed E-state index contributed by atoms with van der Waals surface area (Å²) in [5, 5.41) is 14.4. The Hall–Kier alpha value is -2.04. The maximum Gasteiger partial charge on any atom is 0.243 e. The Morgan fingerprint density at radius 3 is 2.17 bits per heavy atom. The average Bonchev–Trinajstić information content (AvgIpc) is 2.42. The maximum atomic E-state index is 12.6. The number of nitrogens with one attached hydrogen (secondary N) is 1. The van der Waals surface area contributed by atoms with Crippen LogP contribution >= 0.6 is 0 Å². The van der Waals surface area contributed by atoms with Crippen LogP contribution in [0.5, 0.6) is 0 Å². The van der Waals surface area contributed by atoms with Crippen LogP contribution in [0, 0.1) is 5.92 Å². The molecule has 0 aliphatic carbocycles. The summed E-state index contributed by atoms with van der Waals surface area (Å²) in [6, 6.07) is 8.77. The van der Waals surface area contributed by atoms with Gasteiger partial charge >= 0.3 is 0 Å². The van der Waals surface area contributed by atoms with Gasteiger partial charge in [-0.25, -0.2) is 0 Å². The minimum absolute atomic E-state index is 0.187. The predicted molar refractivity (Wildman–Crippen MR) is 88.5 cm³/mol. The molecule has 0 aromatic heterocycles. The maximum absolute atomic E-state index is 12.6. The molecule has 1 N–H and O–H groups in total. The summed E-state index contributed by atoms with van der Waals surface area (Å²) in [6.45, 7) is 9.60. The Balaban J connectivity index is 2.91. The highest BCUT2D eigenvalue weighted by molar-refractivity contribution is 5.85. The highest BCUT2D eigenvalue weighted by Gasteiger charge is 2.34. The van der Waals surface area contributed by atoms with E-state index in [9.17, 15) is 14.7 Å². The molecule has 0 radical (unpaired) electrons. The molecule has 1 aromatic carbocycles. The van der Waals surface area contributed by atoms with Crippen molar-refractivity contribution in [3.63, 3.8) is 0 Å². The number of carbonyl (C=O) groups excluding carboxylic acids is 2. The van der Waals surface area contributed by atoms with E-state index in [0.29, 0.717) is 13.0 Å². The van der Waals surface area contributed by atoms with Crippen molar-refractivity contribution < 1.29 is 14.7 Å². The quantitative estimate of drug-likeness (QED) is 0.873. The van der Waals surface area contributed by atoms with Gasteiger partial charge in [0.25, 0.3) is 0 Å². The van der Waals surface area contributed by atoms with Gasteiger partial charge in [0, 0.05) is 12.1 Å². The van der Waals surface area contributed by atoms with Crippen LogP contribution in [0.2, 0.25) is 0 Å². The smallest absolute Gasteiger partial charge is 0.243 e. The number of carbonyl (C=O) groups is 2. The van der Waals surface area contributed by atoms with Crippen molar-refractivity contribution in [1.82, 2.24) is 10.2 Å². The van der Waals surface area contributed by atoms with Crippen LogP contribution in [-0.4, -0.2) is 28.5 Å². The zero-order valence-corrected chi connectivity index (χ0v) is 14.6. The normalized spacial score (nSPS) is 12.8. The van der Waals surface area contributed by atoms with Gasteiger partial charge in [-0.1, -0.05) is 44.2 Å². The highest BCUT2D eigenvalue weighted by atomic mass is 16.4. The summed E-state index contributed by atoms with van der Waals surface area (Å²) < 4.78 is 0. The molecule has 0 saturated heterocycles. The summed E-state index contributed by atoms with van der Waals surface area (Å²) in [6.07, 6.45) is -0.871. The van der Waals surface area contributed by atoms with Crippen LogP contribution in [0.25, 0.3) is 0 Å².